The highest BCUT2D eigenvalue weighted by Crippen LogP contribution is 2.22. The fourth-order valence-electron chi connectivity index (χ4n) is 1.63. The SMILES string of the molecule is CN(CC(F)F)CC(C)(C#N)NC1CC1. The molecule has 1 rings (SSSR count). The molecule has 0 aliphatic heterocycles. The molecule has 0 saturated heterocycles. The van der Waals surface area contributed by atoms with E-state index in [-0.39, 0.29) is 6.54 Å². The topological polar surface area (TPSA) is 39.1 Å². The Bertz CT molecular complexity index is 248. The van der Waals surface area contributed by atoms with E-state index < -0.39 is 12.0 Å². The molecule has 0 aromatic carbocycles. The Morgan fingerprint density at radius 3 is 2.60 bits per heavy atom. The number of likely N-dealkylation sites (N-methyl/N-ethyl adjacent to an activating group) is 1. The summed E-state index contributed by atoms with van der Waals surface area (Å²) in [6.45, 7) is 1.79. The van der Waals surface area contributed by atoms with E-state index in [9.17, 15) is 8.78 Å². The summed E-state index contributed by atoms with van der Waals surface area (Å²) < 4.78 is 24.2. The maximum absolute atomic E-state index is 12.1. The zero-order valence-corrected chi connectivity index (χ0v) is 9.13. The summed E-state index contributed by atoms with van der Waals surface area (Å²) in [6.07, 6.45) is -0.190. The first-order valence-corrected chi connectivity index (χ1v) is 5.11. The van der Waals surface area contributed by atoms with Crippen molar-refractivity contribution in [2.24, 2.45) is 0 Å². The third kappa shape index (κ3) is 4.54. The monoisotopic (exact) mass is 217 g/mol. The van der Waals surface area contributed by atoms with Crippen molar-refractivity contribution in [2.45, 2.75) is 37.8 Å². The minimum absolute atomic E-state index is 0.288. The molecule has 0 aromatic rings. The van der Waals surface area contributed by atoms with E-state index in [1.165, 1.54) is 4.90 Å². The molecule has 1 atom stereocenters. The lowest BCUT2D eigenvalue weighted by Crippen LogP contribution is -2.51. The van der Waals surface area contributed by atoms with Gasteiger partial charge in [0, 0.05) is 12.6 Å². The molecule has 1 aliphatic rings. The van der Waals surface area contributed by atoms with Gasteiger partial charge < -0.3 is 0 Å². The number of rotatable bonds is 6. The maximum atomic E-state index is 12.1. The molecule has 1 unspecified atom stereocenters. The molecule has 1 fully saturated rings. The lowest BCUT2D eigenvalue weighted by Gasteiger charge is -2.28. The molecule has 86 valence electrons. The van der Waals surface area contributed by atoms with E-state index in [0.717, 1.165) is 12.8 Å². The van der Waals surface area contributed by atoms with E-state index in [2.05, 4.69) is 11.4 Å². The largest absolute Gasteiger partial charge is 0.298 e. The van der Waals surface area contributed by atoms with Gasteiger partial charge in [-0.15, -0.1) is 0 Å². The Morgan fingerprint density at radius 1 is 1.60 bits per heavy atom. The fraction of sp³-hybridized carbons (Fsp3) is 0.900. The molecule has 0 bridgehead atoms. The van der Waals surface area contributed by atoms with Crippen LogP contribution in [0.3, 0.4) is 0 Å². The summed E-state index contributed by atoms with van der Waals surface area (Å²) in [5.41, 5.74) is -0.717. The first kappa shape index (κ1) is 12.3. The molecule has 15 heavy (non-hydrogen) atoms. The van der Waals surface area contributed by atoms with Crippen molar-refractivity contribution in [1.82, 2.24) is 10.2 Å². The van der Waals surface area contributed by atoms with Crippen LogP contribution in [0.25, 0.3) is 0 Å². The zero-order chi connectivity index (χ0) is 11.5. The molecule has 1 aliphatic carbocycles. The van der Waals surface area contributed by atoms with Gasteiger partial charge in [0.15, 0.2) is 0 Å². The van der Waals surface area contributed by atoms with E-state index in [4.69, 9.17) is 5.26 Å². The van der Waals surface area contributed by atoms with Gasteiger partial charge in [0.1, 0.15) is 5.54 Å². The molecule has 0 spiro atoms. The highest BCUT2D eigenvalue weighted by atomic mass is 19.3. The quantitative estimate of drug-likeness (QED) is 0.727. The van der Waals surface area contributed by atoms with Crippen LogP contribution in [0.4, 0.5) is 8.78 Å². The molecule has 0 amide bonds. The van der Waals surface area contributed by atoms with Gasteiger partial charge in [-0.05, 0) is 26.8 Å². The number of alkyl halides is 2. The van der Waals surface area contributed by atoms with Gasteiger partial charge in [-0.25, -0.2) is 8.78 Å². The number of nitrogens with one attached hydrogen (secondary N) is 1. The summed E-state index contributed by atoms with van der Waals surface area (Å²) in [5, 5.41) is 12.2. The molecule has 1 saturated carbocycles. The minimum atomic E-state index is -2.35. The van der Waals surface area contributed by atoms with Crippen molar-refractivity contribution in [3.8, 4) is 6.07 Å². The fourth-order valence-corrected chi connectivity index (χ4v) is 1.63. The number of nitrogens with zero attached hydrogens (tertiary/aromatic N) is 2. The van der Waals surface area contributed by atoms with Gasteiger partial charge >= 0.3 is 0 Å². The molecule has 0 heterocycles. The maximum Gasteiger partial charge on any atom is 0.251 e. The first-order chi connectivity index (χ1) is 6.95. The third-order valence-electron chi connectivity index (χ3n) is 2.38. The Balaban J connectivity index is 2.40. The van der Waals surface area contributed by atoms with Crippen LogP contribution < -0.4 is 5.32 Å². The summed E-state index contributed by atoms with van der Waals surface area (Å²) in [6, 6.07) is 2.55. The van der Waals surface area contributed by atoms with Gasteiger partial charge in [-0.3, -0.25) is 10.2 Å². The lowest BCUT2D eigenvalue weighted by atomic mass is 10.0. The predicted octanol–water partition coefficient (Wildman–Crippen LogP) is 1.22. The molecular weight excluding hydrogens is 200 g/mol. The van der Waals surface area contributed by atoms with Crippen LogP contribution in [0, 0.1) is 11.3 Å². The normalized spacial score (nSPS) is 20.3. The van der Waals surface area contributed by atoms with Gasteiger partial charge in [0.05, 0.1) is 12.6 Å². The van der Waals surface area contributed by atoms with Crippen molar-refractivity contribution < 1.29 is 8.78 Å². The second-order valence-corrected chi connectivity index (χ2v) is 4.45. The van der Waals surface area contributed by atoms with E-state index in [0.29, 0.717) is 12.6 Å². The van der Waals surface area contributed by atoms with Crippen molar-refractivity contribution in [1.29, 1.82) is 5.26 Å². The summed E-state index contributed by atoms with van der Waals surface area (Å²) in [7, 11) is 1.61. The van der Waals surface area contributed by atoms with Crippen LogP contribution in [-0.2, 0) is 0 Å². The highest BCUT2D eigenvalue weighted by Gasteiger charge is 2.33. The van der Waals surface area contributed by atoms with Crippen molar-refractivity contribution in [2.75, 3.05) is 20.1 Å². The van der Waals surface area contributed by atoms with Crippen LogP contribution >= 0.6 is 0 Å². The van der Waals surface area contributed by atoms with Crippen molar-refractivity contribution >= 4 is 0 Å². The summed E-state index contributed by atoms with van der Waals surface area (Å²) in [4.78, 5) is 1.49. The van der Waals surface area contributed by atoms with Gasteiger partial charge in [-0.2, -0.15) is 5.26 Å². The summed E-state index contributed by atoms with van der Waals surface area (Å²) >= 11 is 0. The molecule has 3 nitrogen and oxygen atoms in total. The standard InChI is InChI=1S/C10H17F2N3/c1-10(6-13,14-8-3-4-8)7-15(2)5-9(11)12/h8-9,14H,3-5,7H2,1-2H3. The molecule has 0 radical (unpaired) electrons. The highest BCUT2D eigenvalue weighted by molar-refractivity contribution is 5.08. The number of nitriles is 1. The van der Waals surface area contributed by atoms with Gasteiger partial charge in [-0.1, -0.05) is 0 Å². The first-order valence-electron chi connectivity index (χ1n) is 5.11. The van der Waals surface area contributed by atoms with Crippen LogP contribution in [0.2, 0.25) is 0 Å². The third-order valence-corrected chi connectivity index (χ3v) is 2.38. The Kier molecular flexibility index (Phi) is 4.00. The van der Waals surface area contributed by atoms with Gasteiger partial charge in [0.25, 0.3) is 6.43 Å². The second kappa shape index (κ2) is 4.86. The van der Waals surface area contributed by atoms with Crippen molar-refractivity contribution in [3.05, 3.63) is 0 Å². The number of hydrogen-bond acceptors (Lipinski definition) is 3. The molecular formula is C10H17F2N3. The number of halogens is 2. The van der Waals surface area contributed by atoms with Crippen LogP contribution in [0.15, 0.2) is 0 Å². The Morgan fingerprint density at radius 2 is 2.20 bits per heavy atom. The van der Waals surface area contributed by atoms with Crippen LogP contribution in [0.5, 0.6) is 0 Å². The van der Waals surface area contributed by atoms with Crippen LogP contribution in [0.1, 0.15) is 19.8 Å². The predicted molar refractivity (Wildman–Crippen MR) is 53.7 cm³/mol. The van der Waals surface area contributed by atoms with E-state index in [1.54, 1.807) is 14.0 Å². The smallest absolute Gasteiger partial charge is 0.251 e. The molecule has 0 aromatic heterocycles. The molecule has 1 N–H and O–H groups in total. The Hall–Kier alpha value is -0.730. The average molecular weight is 217 g/mol. The van der Waals surface area contributed by atoms with Gasteiger partial charge in [0.2, 0.25) is 0 Å². The lowest BCUT2D eigenvalue weighted by molar-refractivity contribution is 0.0921. The molecule has 5 heteroatoms. The average Bonchev–Trinajstić information content (AvgIpc) is 2.86. The minimum Gasteiger partial charge on any atom is -0.298 e. The Labute approximate surface area is 89.1 Å². The van der Waals surface area contributed by atoms with Crippen molar-refractivity contribution in [3.63, 3.8) is 0 Å². The zero-order valence-electron chi connectivity index (χ0n) is 9.13. The second-order valence-electron chi connectivity index (χ2n) is 4.45. The summed E-state index contributed by atoms with van der Waals surface area (Å²) in [5.74, 6) is 0. The van der Waals surface area contributed by atoms with E-state index in [1.807, 2.05) is 0 Å². The number of hydrogen-bond donors (Lipinski definition) is 1. The van der Waals surface area contributed by atoms with E-state index >= 15 is 0 Å². The van der Waals surface area contributed by atoms with Crippen LogP contribution in [-0.4, -0.2) is 43.0 Å².